The van der Waals surface area contributed by atoms with Crippen LogP contribution in [0.2, 0.25) is 0 Å². The van der Waals surface area contributed by atoms with Crippen LogP contribution in [0.1, 0.15) is 36.3 Å². The van der Waals surface area contributed by atoms with E-state index in [-0.39, 0.29) is 29.0 Å². The van der Waals surface area contributed by atoms with Gasteiger partial charge in [0.1, 0.15) is 9.84 Å². The molecule has 2 fully saturated rings. The van der Waals surface area contributed by atoms with Crippen molar-refractivity contribution in [2.75, 3.05) is 11.5 Å². The number of rotatable bonds is 3. The molecule has 3 rings (SSSR count). The highest BCUT2D eigenvalue weighted by Gasteiger charge is 2.48. The number of halogens is 3. The van der Waals surface area contributed by atoms with Crippen molar-refractivity contribution in [3.63, 3.8) is 0 Å². The molecule has 0 unspecified atom stereocenters. The fourth-order valence-corrected chi connectivity index (χ4v) is 4.74. The second-order valence-electron chi connectivity index (χ2n) is 6.47. The van der Waals surface area contributed by atoms with Gasteiger partial charge in [-0.3, -0.25) is 4.79 Å². The van der Waals surface area contributed by atoms with Gasteiger partial charge in [-0.05, 0) is 36.8 Å². The Labute approximate surface area is 138 Å². The molecule has 4 nitrogen and oxygen atoms in total. The van der Waals surface area contributed by atoms with Crippen LogP contribution in [0.5, 0.6) is 0 Å². The monoisotopic (exact) mass is 361 g/mol. The SMILES string of the molecule is O=C(NC1CCS(=O)(=O)CC1)[C@H]1C[C@H]1c1ccccc1C(F)(F)F. The van der Waals surface area contributed by atoms with Crippen LogP contribution in [0.4, 0.5) is 13.2 Å². The van der Waals surface area contributed by atoms with Gasteiger partial charge < -0.3 is 5.32 Å². The molecular weight excluding hydrogens is 343 g/mol. The minimum atomic E-state index is -4.43. The highest BCUT2D eigenvalue weighted by molar-refractivity contribution is 7.91. The topological polar surface area (TPSA) is 63.2 Å². The van der Waals surface area contributed by atoms with E-state index in [1.807, 2.05) is 0 Å². The smallest absolute Gasteiger partial charge is 0.353 e. The van der Waals surface area contributed by atoms with Gasteiger partial charge in [0.15, 0.2) is 0 Å². The molecule has 2 atom stereocenters. The van der Waals surface area contributed by atoms with Gasteiger partial charge in [-0.2, -0.15) is 13.2 Å². The summed E-state index contributed by atoms with van der Waals surface area (Å²) in [6.07, 6.45) is -3.31. The first-order valence-electron chi connectivity index (χ1n) is 7.84. The molecular formula is C16H18F3NO3S. The van der Waals surface area contributed by atoms with Crippen molar-refractivity contribution in [2.24, 2.45) is 5.92 Å². The quantitative estimate of drug-likeness (QED) is 0.900. The summed E-state index contributed by atoms with van der Waals surface area (Å²) in [5.74, 6) is -1.07. The van der Waals surface area contributed by atoms with Crippen molar-refractivity contribution in [3.8, 4) is 0 Å². The number of amides is 1. The number of hydrogen-bond donors (Lipinski definition) is 1. The molecule has 1 amide bonds. The predicted octanol–water partition coefficient (Wildman–Crippen LogP) is 2.50. The summed E-state index contributed by atoms with van der Waals surface area (Å²) in [5, 5.41) is 2.79. The first-order valence-corrected chi connectivity index (χ1v) is 9.66. The molecule has 1 aromatic rings. The summed E-state index contributed by atoms with van der Waals surface area (Å²) < 4.78 is 61.9. The molecule has 0 spiro atoms. The fourth-order valence-electron chi connectivity index (χ4n) is 3.25. The van der Waals surface area contributed by atoms with Crippen molar-refractivity contribution in [1.29, 1.82) is 0 Å². The van der Waals surface area contributed by atoms with E-state index in [4.69, 9.17) is 0 Å². The number of hydrogen-bond acceptors (Lipinski definition) is 3. The lowest BCUT2D eigenvalue weighted by atomic mass is 10.0. The second-order valence-corrected chi connectivity index (χ2v) is 8.77. The second kappa shape index (κ2) is 6.06. The lowest BCUT2D eigenvalue weighted by Crippen LogP contribution is -2.41. The molecule has 1 N–H and O–H groups in total. The third-order valence-electron chi connectivity index (χ3n) is 4.69. The van der Waals surface area contributed by atoms with Crippen LogP contribution >= 0.6 is 0 Å². The van der Waals surface area contributed by atoms with Gasteiger partial charge in [-0.25, -0.2) is 8.42 Å². The number of nitrogens with one attached hydrogen (secondary N) is 1. The van der Waals surface area contributed by atoms with Gasteiger partial charge >= 0.3 is 6.18 Å². The Balaban J connectivity index is 1.63. The number of benzene rings is 1. The van der Waals surface area contributed by atoms with Crippen LogP contribution in [0.25, 0.3) is 0 Å². The molecule has 1 saturated carbocycles. The minimum Gasteiger partial charge on any atom is -0.353 e. The molecule has 1 aliphatic heterocycles. The minimum absolute atomic E-state index is 0.0446. The van der Waals surface area contributed by atoms with E-state index in [2.05, 4.69) is 5.32 Å². The molecule has 0 aromatic heterocycles. The molecule has 1 aromatic carbocycles. The summed E-state index contributed by atoms with van der Waals surface area (Å²) in [4.78, 5) is 12.2. The number of carbonyl (C=O) groups excluding carboxylic acids is 1. The van der Waals surface area contributed by atoms with Crippen molar-refractivity contribution in [1.82, 2.24) is 5.32 Å². The Morgan fingerprint density at radius 1 is 1.12 bits per heavy atom. The Morgan fingerprint density at radius 3 is 2.38 bits per heavy atom. The standard InChI is InChI=1S/C16H18F3NO3S/c17-16(18,19)14-4-2-1-3-11(14)12-9-13(12)15(21)20-10-5-7-24(22,23)8-6-10/h1-4,10,12-13H,5-9H2,(H,20,21)/t12-,13-/m0/s1. The molecule has 0 bridgehead atoms. The zero-order valence-electron chi connectivity index (χ0n) is 12.8. The summed E-state index contributed by atoms with van der Waals surface area (Å²) in [6, 6.07) is 5.14. The molecule has 1 aliphatic carbocycles. The number of carbonyl (C=O) groups is 1. The van der Waals surface area contributed by atoms with Gasteiger partial charge in [0.25, 0.3) is 0 Å². The summed E-state index contributed by atoms with van der Waals surface area (Å²) in [7, 11) is -3.01. The predicted molar refractivity (Wildman–Crippen MR) is 82.1 cm³/mol. The fraction of sp³-hybridized carbons (Fsp3) is 0.562. The third-order valence-corrected chi connectivity index (χ3v) is 6.41. The van der Waals surface area contributed by atoms with Crippen LogP contribution in [0, 0.1) is 5.92 Å². The molecule has 8 heteroatoms. The number of alkyl halides is 3. The normalized spacial score (nSPS) is 26.8. The van der Waals surface area contributed by atoms with Crippen LogP contribution in [0.15, 0.2) is 24.3 Å². The van der Waals surface area contributed by atoms with E-state index in [0.29, 0.717) is 19.3 Å². The molecule has 1 saturated heterocycles. The van der Waals surface area contributed by atoms with E-state index in [0.717, 1.165) is 6.07 Å². The maximum atomic E-state index is 13.1. The average molecular weight is 361 g/mol. The summed E-state index contributed by atoms with van der Waals surface area (Å²) in [6.45, 7) is 0. The molecule has 2 aliphatic rings. The van der Waals surface area contributed by atoms with E-state index in [1.165, 1.54) is 12.1 Å². The first kappa shape index (κ1) is 17.3. The Bertz CT molecular complexity index is 731. The van der Waals surface area contributed by atoms with Crippen LogP contribution in [0.3, 0.4) is 0 Å². The summed E-state index contributed by atoms with van der Waals surface area (Å²) in [5.41, 5.74) is -0.523. The van der Waals surface area contributed by atoms with Crippen molar-refractivity contribution in [2.45, 2.75) is 37.4 Å². The Kier molecular flexibility index (Phi) is 4.36. The molecule has 1 heterocycles. The van der Waals surface area contributed by atoms with Gasteiger partial charge in [0, 0.05) is 12.0 Å². The van der Waals surface area contributed by atoms with Crippen molar-refractivity contribution in [3.05, 3.63) is 35.4 Å². The zero-order chi connectivity index (χ0) is 17.5. The highest BCUT2D eigenvalue weighted by atomic mass is 32.2. The van der Waals surface area contributed by atoms with Crippen molar-refractivity contribution < 1.29 is 26.4 Å². The lowest BCUT2D eigenvalue weighted by molar-refractivity contribution is -0.138. The average Bonchev–Trinajstić information content (AvgIpc) is 3.29. The Hall–Kier alpha value is -1.57. The van der Waals surface area contributed by atoms with Gasteiger partial charge in [-0.1, -0.05) is 18.2 Å². The third kappa shape index (κ3) is 3.74. The van der Waals surface area contributed by atoms with Gasteiger partial charge in [-0.15, -0.1) is 0 Å². The maximum Gasteiger partial charge on any atom is 0.416 e. The van der Waals surface area contributed by atoms with E-state index in [1.54, 1.807) is 6.07 Å². The molecule has 132 valence electrons. The lowest BCUT2D eigenvalue weighted by Gasteiger charge is -2.23. The van der Waals surface area contributed by atoms with Gasteiger partial charge in [0.2, 0.25) is 5.91 Å². The van der Waals surface area contributed by atoms with E-state index < -0.39 is 33.4 Å². The van der Waals surface area contributed by atoms with Crippen LogP contribution < -0.4 is 5.32 Å². The maximum absolute atomic E-state index is 13.1. The zero-order valence-corrected chi connectivity index (χ0v) is 13.7. The van der Waals surface area contributed by atoms with Crippen LogP contribution in [-0.4, -0.2) is 31.9 Å². The Morgan fingerprint density at radius 2 is 1.75 bits per heavy atom. The first-order chi connectivity index (χ1) is 11.2. The summed E-state index contributed by atoms with van der Waals surface area (Å²) >= 11 is 0. The van der Waals surface area contributed by atoms with Crippen molar-refractivity contribution >= 4 is 15.7 Å². The van der Waals surface area contributed by atoms with Crippen LogP contribution in [-0.2, 0) is 20.8 Å². The molecule has 0 radical (unpaired) electrons. The van der Waals surface area contributed by atoms with Gasteiger partial charge in [0.05, 0.1) is 17.1 Å². The van der Waals surface area contributed by atoms with E-state index >= 15 is 0 Å². The largest absolute Gasteiger partial charge is 0.416 e. The number of sulfone groups is 1. The highest BCUT2D eigenvalue weighted by Crippen LogP contribution is 2.51. The van der Waals surface area contributed by atoms with E-state index in [9.17, 15) is 26.4 Å². The molecule has 24 heavy (non-hydrogen) atoms.